The zero-order chi connectivity index (χ0) is 28.4. The van der Waals surface area contributed by atoms with E-state index < -0.39 is 0 Å². The van der Waals surface area contributed by atoms with Gasteiger partial charge in [-0.15, -0.1) is 11.8 Å². The molecule has 0 aliphatic carbocycles. The Bertz CT molecular complexity index is 1080. The highest BCUT2D eigenvalue weighted by atomic mass is 32.2. The fraction of sp³-hybridized carbons (Fsp3) is 0.529. The second kappa shape index (κ2) is 18.6. The van der Waals surface area contributed by atoms with Crippen molar-refractivity contribution in [2.24, 2.45) is 0 Å². The van der Waals surface area contributed by atoms with E-state index in [1.807, 2.05) is 30.3 Å². The predicted molar refractivity (Wildman–Crippen MR) is 169 cm³/mol. The average Bonchev–Trinajstić information content (AvgIpc) is 3.45. The molecule has 3 rings (SSSR count). The number of nitrogens with one attached hydrogen (secondary N) is 1. The van der Waals surface area contributed by atoms with Crippen molar-refractivity contribution in [3.05, 3.63) is 70.8 Å². The molecule has 2 aromatic rings. The molecule has 0 unspecified atom stereocenters. The zero-order valence-electron chi connectivity index (χ0n) is 24.6. The van der Waals surface area contributed by atoms with Crippen LogP contribution in [0.2, 0.25) is 0 Å². The number of ether oxygens (including phenoxy) is 1. The molecular weight excluding hydrogens is 516 g/mol. The van der Waals surface area contributed by atoms with Gasteiger partial charge in [0.15, 0.2) is 5.78 Å². The van der Waals surface area contributed by atoms with Gasteiger partial charge in [-0.25, -0.2) is 0 Å². The van der Waals surface area contributed by atoms with E-state index in [0.29, 0.717) is 17.9 Å². The molecule has 2 aromatic carbocycles. The highest BCUT2D eigenvalue weighted by Gasteiger charge is 2.13. The second-order valence-corrected chi connectivity index (χ2v) is 11.7. The van der Waals surface area contributed by atoms with Crippen LogP contribution in [0.15, 0.2) is 54.1 Å². The minimum atomic E-state index is -0.103. The van der Waals surface area contributed by atoms with E-state index in [1.54, 1.807) is 24.8 Å². The summed E-state index contributed by atoms with van der Waals surface area (Å²) < 4.78 is 5.98. The van der Waals surface area contributed by atoms with Gasteiger partial charge < -0.3 is 15.0 Å². The van der Waals surface area contributed by atoms with Gasteiger partial charge in [0.1, 0.15) is 5.75 Å². The van der Waals surface area contributed by atoms with Gasteiger partial charge >= 0.3 is 0 Å². The number of rotatable bonds is 20. The highest BCUT2D eigenvalue weighted by Crippen LogP contribution is 2.23. The molecule has 0 radical (unpaired) electrons. The third-order valence-electron chi connectivity index (χ3n) is 7.25. The Hall–Kier alpha value is -2.73. The van der Waals surface area contributed by atoms with Crippen LogP contribution < -0.4 is 10.1 Å². The lowest BCUT2D eigenvalue weighted by Crippen LogP contribution is -2.16. The maximum absolute atomic E-state index is 12.8. The molecule has 5 nitrogen and oxygen atoms in total. The summed E-state index contributed by atoms with van der Waals surface area (Å²) in [5, 5.41) is 5.10. The number of Topliss-reactive ketones (excluding diaryl/α,β-unsaturated/α-hetero) is 1. The summed E-state index contributed by atoms with van der Waals surface area (Å²) >= 11 is 1.78. The Kier molecular flexibility index (Phi) is 14.8. The first-order chi connectivity index (χ1) is 19.5. The number of anilines is 1. The van der Waals surface area contributed by atoms with Crippen molar-refractivity contribution in [3.8, 4) is 5.75 Å². The van der Waals surface area contributed by atoms with Gasteiger partial charge in [0.2, 0.25) is 5.91 Å². The third-order valence-corrected chi connectivity index (χ3v) is 8.04. The van der Waals surface area contributed by atoms with Crippen LogP contribution in [0.4, 0.5) is 5.69 Å². The molecule has 1 aliphatic rings. The number of benzene rings is 2. The summed E-state index contributed by atoms with van der Waals surface area (Å²) in [5.74, 6) is 1.41. The number of ketones is 1. The van der Waals surface area contributed by atoms with Gasteiger partial charge in [-0.2, -0.15) is 0 Å². The molecule has 0 bridgehead atoms. The van der Waals surface area contributed by atoms with Crippen LogP contribution >= 0.6 is 11.8 Å². The zero-order valence-corrected chi connectivity index (χ0v) is 25.4. The summed E-state index contributed by atoms with van der Waals surface area (Å²) in [4.78, 5) is 27.3. The van der Waals surface area contributed by atoms with Gasteiger partial charge in [-0.3, -0.25) is 9.59 Å². The third kappa shape index (κ3) is 12.2. The van der Waals surface area contributed by atoms with Crippen molar-refractivity contribution < 1.29 is 14.3 Å². The predicted octanol–water partition coefficient (Wildman–Crippen LogP) is 9.13. The van der Waals surface area contributed by atoms with Gasteiger partial charge in [0.25, 0.3) is 0 Å². The van der Waals surface area contributed by atoms with Crippen LogP contribution in [0.25, 0.3) is 0 Å². The molecule has 0 saturated heterocycles. The van der Waals surface area contributed by atoms with E-state index in [9.17, 15) is 9.59 Å². The van der Waals surface area contributed by atoms with E-state index >= 15 is 0 Å². The van der Waals surface area contributed by atoms with Crippen LogP contribution in [0.1, 0.15) is 112 Å². The Balaban J connectivity index is 1.36. The molecule has 1 aliphatic heterocycles. The first-order valence-electron chi connectivity index (χ1n) is 15.2. The standard InChI is InChI=1S/C34H48N2O3S/c1-3-4-5-6-7-8-9-10-11-12-13-14-21-39-33-19-18-29(24-32(33)28(2)37)25-34(38)35-31-17-15-16-30(23-31)26-36-20-22-40-27-36/h15-20,22-24H,3-14,21,25-27H2,1-2H3,(H,35,38). The quantitative estimate of drug-likeness (QED) is 0.128. The molecule has 0 atom stereocenters. The molecule has 6 heteroatoms. The van der Waals surface area contributed by atoms with Crippen LogP contribution in [0, 0.1) is 0 Å². The normalized spacial score (nSPS) is 12.6. The van der Waals surface area contributed by atoms with Crippen molar-refractivity contribution in [1.82, 2.24) is 4.90 Å². The lowest BCUT2D eigenvalue weighted by Gasteiger charge is -2.15. The number of thioether (sulfide) groups is 1. The number of hydrogen-bond acceptors (Lipinski definition) is 5. The van der Waals surface area contributed by atoms with Crippen molar-refractivity contribution in [1.29, 1.82) is 0 Å². The SMILES string of the molecule is CCCCCCCCCCCCCCOc1ccc(CC(=O)Nc2cccc(CN3C=CSC3)c2)cc1C(C)=O. The van der Waals surface area contributed by atoms with Gasteiger partial charge in [0.05, 0.1) is 24.5 Å². The minimum Gasteiger partial charge on any atom is -0.493 e. The number of unbranched alkanes of at least 4 members (excludes halogenated alkanes) is 11. The Morgan fingerprint density at radius 3 is 2.23 bits per heavy atom. The van der Waals surface area contributed by atoms with Crippen molar-refractivity contribution >= 4 is 29.1 Å². The molecule has 0 fully saturated rings. The summed E-state index contributed by atoms with van der Waals surface area (Å²) in [7, 11) is 0. The summed E-state index contributed by atoms with van der Waals surface area (Å²) in [6.45, 7) is 5.24. The molecular formula is C34H48N2O3S. The number of carbonyl (C=O) groups excluding carboxylic acids is 2. The van der Waals surface area contributed by atoms with E-state index in [-0.39, 0.29) is 18.1 Å². The monoisotopic (exact) mass is 564 g/mol. The first kappa shape index (κ1) is 31.8. The lowest BCUT2D eigenvalue weighted by atomic mass is 10.0. The fourth-order valence-corrected chi connectivity index (χ4v) is 5.71. The van der Waals surface area contributed by atoms with E-state index in [0.717, 1.165) is 42.1 Å². The Labute approximate surface area is 246 Å². The van der Waals surface area contributed by atoms with Crippen LogP contribution in [-0.2, 0) is 17.8 Å². The number of carbonyl (C=O) groups is 2. The largest absolute Gasteiger partial charge is 0.493 e. The highest BCUT2D eigenvalue weighted by molar-refractivity contribution is 8.02. The van der Waals surface area contributed by atoms with Crippen LogP contribution in [-0.4, -0.2) is 29.1 Å². The van der Waals surface area contributed by atoms with Crippen molar-refractivity contribution in [3.63, 3.8) is 0 Å². The molecule has 1 heterocycles. The number of nitrogens with zero attached hydrogens (tertiary/aromatic N) is 1. The van der Waals surface area contributed by atoms with Crippen LogP contribution in [0.3, 0.4) is 0 Å². The lowest BCUT2D eigenvalue weighted by molar-refractivity contribution is -0.115. The van der Waals surface area contributed by atoms with Crippen molar-refractivity contribution in [2.45, 2.75) is 104 Å². The minimum absolute atomic E-state index is 0.0474. The average molecular weight is 565 g/mol. The first-order valence-corrected chi connectivity index (χ1v) is 16.3. The molecule has 1 amide bonds. The van der Waals surface area contributed by atoms with Crippen molar-refractivity contribution in [2.75, 3.05) is 17.8 Å². The number of hydrogen-bond donors (Lipinski definition) is 1. The number of amides is 1. The van der Waals surface area contributed by atoms with Gasteiger partial charge in [0, 0.05) is 18.4 Å². The van der Waals surface area contributed by atoms with Gasteiger partial charge in [-0.05, 0) is 54.1 Å². The molecule has 0 aromatic heterocycles. The maximum Gasteiger partial charge on any atom is 0.228 e. The molecule has 0 spiro atoms. The molecule has 40 heavy (non-hydrogen) atoms. The van der Waals surface area contributed by atoms with Crippen LogP contribution in [0.5, 0.6) is 5.75 Å². The Morgan fingerprint density at radius 1 is 0.875 bits per heavy atom. The maximum atomic E-state index is 12.8. The summed E-state index contributed by atoms with van der Waals surface area (Å²) in [6.07, 6.45) is 17.9. The second-order valence-electron chi connectivity index (χ2n) is 10.9. The fourth-order valence-electron chi connectivity index (χ4n) is 5.00. The molecule has 1 N–H and O–H groups in total. The van der Waals surface area contributed by atoms with E-state index in [2.05, 4.69) is 34.8 Å². The summed E-state index contributed by atoms with van der Waals surface area (Å²) in [5.41, 5.74) is 3.28. The molecule has 0 saturated carbocycles. The molecule has 218 valence electrons. The van der Waals surface area contributed by atoms with Gasteiger partial charge in [-0.1, -0.05) is 95.8 Å². The Morgan fingerprint density at radius 2 is 1.57 bits per heavy atom. The van der Waals surface area contributed by atoms with E-state index in [4.69, 9.17) is 4.74 Å². The topological polar surface area (TPSA) is 58.6 Å². The van der Waals surface area contributed by atoms with E-state index in [1.165, 1.54) is 64.2 Å². The summed E-state index contributed by atoms with van der Waals surface area (Å²) in [6, 6.07) is 13.5. The smallest absolute Gasteiger partial charge is 0.228 e.